The lowest BCUT2D eigenvalue weighted by molar-refractivity contribution is -0.156. The number of rotatable bonds is 1. The zero-order chi connectivity index (χ0) is 17.5. The van der Waals surface area contributed by atoms with Crippen LogP contribution in [0.25, 0.3) is 0 Å². The van der Waals surface area contributed by atoms with Crippen LogP contribution in [-0.2, 0) is 28.7 Å². The molecule has 24 heavy (non-hydrogen) atoms. The zero-order valence-corrected chi connectivity index (χ0v) is 13.5. The summed E-state index contributed by atoms with van der Waals surface area (Å²) < 4.78 is 4.40. The van der Waals surface area contributed by atoms with E-state index in [1.165, 1.54) is 7.11 Å². The van der Waals surface area contributed by atoms with Gasteiger partial charge in [-0.15, -0.1) is 0 Å². The van der Waals surface area contributed by atoms with Crippen molar-refractivity contribution >= 4 is 29.4 Å². The molecule has 8 nitrogen and oxygen atoms in total. The summed E-state index contributed by atoms with van der Waals surface area (Å²) in [6, 6.07) is 0. The molecular weight excluding hydrogens is 316 g/mol. The monoisotopic (exact) mass is 336 g/mol. The standard InChI is InChI=1S/C9H11NO4.C7H9NO2/c1-14-8(13)6-5(11)4-9(2-3-9)10-7(6)12;9-5-3-6(10)8-7(4-5)1-2-7/h6H,2-4H2,1H3,(H,10,12);1-4H2,(H,8,10). The predicted molar refractivity (Wildman–Crippen MR) is 79.6 cm³/mol. The molecule has 2 spiro atoms. The van der Waals surface area contributed by atoms with Crippen molar-refractivity contribution in [3.63, 3.8) is 0 Å². The third-order valence-corrected chi connectivity index (χ3v) is 4.93. The second kappa shape index (κ2) is 5.68. The van der Waals surface area contributed by atoms with Crippen LogP contribution in [0.1, 0.15) is 44.9 Å². The number of Topliss-reactive ketones (excluding diaryl/α,β-unsaturated/α-hetero) is 2. The number of hydrogen-bond donors (Lipinski definition) is 2. The Morgan fingerprint density at radius 1 is 1.00 bits per heavy atom. The number of nitrogens with one attached hydrogen (secondary N) is 2. The third-order valence-electron chi connectivity index (χ3n) is 4.93. The molecule has 0 bridgehead atoms. The molecule has 4 fully saturated rings. The molecule has 4 aliphatic rings. The molecule has 2 amide bonds. The highest BCUT2D eigenvalue weighted by molar-refractivity contribution is 6.18. The summed E-state index contributed by atoms with van der Waals surface area (Å²) in [7, 11) is 1.17. The molecule has 2 N–H and O–H groups in total. The van der Waals surface area contributed by atoms with Crippen LogP contribution < -0.4 is 10.6 Å². The second-order valence-corrected chi connectivity index (χ2v) is 7.09. The smallest absolute Gasteiger partial charge is 0.325 e. The summed E-state index contributed by atoms with van der Waals surface area (Å²) >= 11 is 0. The number of carbonyl (C=O) groups excluding carboxylic acids is 5. The van der Waals surface area contributed by atoms with Crippen molar-refractivity contribution in [1.29, 1.82) is 0 Å². The van der Waals surface area contributed by atoms with Crippen LogP contribution in [-0.4, -0.2) is 47.5 Å². The van der Waals surface area contributed by atoms with E-state index in [1.807, 2.05) is 0 Å². The molecule has 2 aliphatic heterocycles. The lowest BCUT2D eigenvalue weighted by Gasteiger charge is -2.26. The van der Waals surface area contributed by atoms with Gasteiger partial charge in [-0.25, -0.2) is 0 Å². The van der Waals surface area contributed by atoms with Crippen LogP contribution in [0.5, 0.6) is 0 Å². The van der Waals surface area contributed by atoms with Gasteiger partial charge in [0, 0.05) is 23.9 Å². The van der Waals surface area contributed by atoms with E-state index in [1.54, 1.807) is 0 Å². The fraction of sp³-hybridized carbons (Fsp3) is 0.688. The van der Waals surface area contributed by atoms with Gasteiger partial charge in [-0.05, 0) is 25.7 Å². The van der Waals surface area contributed by atoms with Crippen molar-refractivity contribution < 1.29 is 28.7 Å². The highest BCUT2D eigenvalue weighted by Gasteiger charge is 2.54. The quantitative estimate of drug-likeness (QED) is 0.487. The molecule has 0 aromatic rings. The van der Waals surface area contributed by atoms with Gasteiger partial charge in [0.2, 0.25) is 11.8 Å². The van der Waals surface area contributed by atoms with Crippen LogP contribution >= 0.6 is 0 Å². The van der Waals surface area contributed by atoms with Gasteiger partial charge >= 0.3 is 5.97 Å². The maximum absolute atomic E-state index is 11.5. The van der Waals surface area contributed by atoms with Crippen molar-refractivity contribution in [3.8, 4) is 0 Å². The molecule has 2 heterocycles. The number of hydrogen-bond acceptors (Lipinski definition) is 6. The van der Waals surface area contributed by atoms with Gasteiger partial charge in [0.05, 0.1) is 13.5 Å². The summed E-state index contributed by atoms with van der Waals surface area (Å²) in [6.45, 7) is 0. The molecule has 2 saturated heterocycles. The van der Waals surface area contributed by atoms with Gasteiger partial charge < -0.3 is 15.4 Å². The van der Waals surface area contributed by atoms with E-state index in [0.29, 0.717) is 6.42 Å². The van der Waals surface area contributed by atoms with Crippen LogP contribution in [0.2, 0.25) is 0 Å². The van der Waals surface area contributed by atoms with Gasteiger partial charge in [-0.2, -0.15) is 0 Å². The van der Waals surface area contributed by atoms with Gasteiger partial charge in [-0.3, -0.25) is 24.0 Å². The molecule has 0 radical (unpaired) electrons. The first-order valence-electron chi connectivity index (χ1n) is 8.03. The molecule has 1 atom stereocenters. The minimum Gasteiger partial charge on any atom is -0.468 e. The van der Waals surface area contributed by atoms with Crippen molar-refractivity contribution in [3.05, 3.63) is 0 Å². The van der Waals surface area contributed by atoms with E-state index in [2.05, 4.69) is 15.4 Å². The SMILES string of the molecule is COC(=O)C1C(=O)CC2(CC2)NC1=O.O=C1CC(=O)NC2(CC2)C1. The maximum atomic E-state index is 11.5. The number of carbonyl (C=O) groups is 5. The van der Waals surface area contributed by atoms with E-state index in [0.717, 1.165) is 25.7 Å². The molecule has 0 aromatic heterocycles. The summed E-state index contributed by atoms with van der Waals surface area (Å²) in [6.07, 6.45) is 4.57. The van der Waals surface area contributed by atoms with Crippen LogP contribution in [0.4, 0.5) is 0 Å². The summed E-state index contributed by atoms with van der Waals surface area (Å²) in [5.74, 6) is -2.83. The summed E-state index contributed by atoms with van der Waals surface area (Å²) in [4.78, 5) is 55.7. The highest BCUT2D eigenvalue weighted by Crippen LogP contribution is 2.42. The van der Waals surface area contributed by atoms with E-state index in [-0.39, 0.29) is 41.4 Å². The molecule has 2 aliphatic carbocycles. The molecule has 2 saturated carbocycles. The molecule has 4 rings (SSSR count). The highest BCUT2D eigenvalue weighted by atomic mass is 16.5. The lowest BCUT2D eigenvalue weighted by atomic mass is 9.91. The Morgan fingerprint density at radius 3 is 2.04 bits per heavy atom. The van der Waals surface area contributed by atoms with Crippen molar-refractivity contribution in [2.24, 2.45) is 5.92 Å². The van der Waals surface area contributed by atoms with Gasteiger partial charge in [0.25, 0.3) is 0 Å². The first kappa shape index (κ1) is 16.6. The number of methoxy groups -OCH3 is 1. The van der Waals surface area contributed by atoms with E-state index in [4.69, 9.17) is 0 Å². The van der Waals surface area contributed by atoms with E-state index < -0.39 is 17.8 Å². The first-order chi connectivity index (χ1) is 11.3. The molecule has 1 unspecified atom stereocenters. The van der Waals surface area contributed by atoms with Crippen molar-refractivity contribution in [2.45, 2.75) is 56.0 Å². The topological polar surface area (TPSA) is 119 Å². The van der Waals surface area contributed by atoms with Gasteiger partial charge in [0.1, 0.15) is 5.78 Å². The first-order valence-corrected chi connectivity index (χ1v) is 8.03. The van der Waals surface area contributed by atoms with Crippen molar-refractivity contribution in [1.82, 2.24) is 10.6 Å². The van der Waals surface area contributed by atoms with Crippen LogP contribution in [0.3, 0.4) is 0 Å². The van der Waals surface area contributed by atoms with Crippen molar-refractivity contribution in [2.75, 3.05) is 7.11 Å². The number of amides is 2. The zero-order valence-electron chi connectivity index (χ0n) is 13.5. The second-order valence-electron chi connectivity index (χ2n) is 7.09. The third kappa shape index (κ3) is 3.32. The molecule has 130 valence electrons. The summed E-state index contributed by atoms with van der Waals surface area (Å²) in [5.41, 5.74) is -0.398. The number of esters is 1. The average molecular weight is 336 g/mol. The number of ether oxygens (including phenoxy) is 1. The normalized spacial score (nSPS) is 28.5. The van der Waals surface area contributed by atoms with E-state index in [9.17, 15) is 24.0 Å². The van der Waals surface area contributed by atoms with Crippen LogP contribution in [0.15, 0.2) is 0 Å². The predicted octanol–water partition coefficient (Wildman–Crippen LogP) is -0.605. The minimum atomic E-state index is -1.24. The van der Waals surface area contributed by atoms with Gasteiger partial charge in [0.15, 0.2) is 11.7 Å². The number of piperidine rings is 2. The fourth-order valence-electron chi connectivity index (χ4n) is 3.22. The Labute approximate surface area is 138 Å². The summed E-state index contributed by atoms with van der Waals surface area (Å²) in [5, 5.41) is 5.54. The maximum Gasteiger partial charge on any atom is 0.325 e. The van der Waals surface area contributed by atoms with E-state index >= 15 is 0 Å². The van der Waals surface area contributed by atoms with Crippen LogP contribution in [0, 0.1) is 5.92 Å². The molecular formula is C16H20N2O6. The van der Waals surface area contributed by atoms with Gasteiger partial charge in [-0.1, -0.05) is 0 Å². The Bertz CT molecular complexity index is 594. The molecule has 0 aromatic carbocycles. The average Bonchev–Trinajstić information content (AvgIpc) is 3.38. The Balaban J connectivity index is 0.000000149. The Hall–Kier alpha value is -2.25. The minimum absolute atomic E-state index is 0.0770. The fourth-order valence-corrected chi connectivity index (χ4v) is 3.22. The number of ketones is 2. The Morgan fingerprint density at radius 2 is 1.58 bits per heavy atom. The Kier molecular flexibility index (Phi) is 3.93. The molecule has 8 heteroatoms. The lowest BCUT2D eigenvalue weighted by Crippen LogP contribution is -2.53. The largest absolute Gasteiger partial charge is 0.468 e.